The Labute approximate surface area is 109 Å². The van der Waals surface area contributed by atoms with Gasteiger partial charge < -0.3 is 11.1 Å². The monoisotopic (exact) mass is 252 g/mol. The van der Waals surface area contributed by atoms with Gasteiger partial charge >= 0.3 is 0 Å². The van der Waals surface area contributed by atoms with E-state index >= 15 is 0 Å². The van der Waals surface area contributed by atoms with E-state index in [1.54, 1.807) is 0 Å². The molecule has 1 saturated carbocycles. The maximum Gasteiger partial charge on any atom is 0.0656 e. The fourth-order valence-corrected chi connectivity index (χ4v) is 2.33. The normalized spacial score (nSPS) is 16.9. The van der Waals surface area contributed by atoms with Crippen molar-refractivity contribution in [1.82, 2.24) is 0 Å². The van der Waals surface area contributed by atoms with E-state index in [0.29, 0.717) is 16.8 Å². The molecule has 0 aliphatic heterocycles. The molecular weight excluding hydrogens is 232 g/mol. The van der Waals surface area contributed by atoms with Crippen LogP contribution in [0.5, 0.6) is 0 Å². The fourth-order valence-electron chi connectivity index (χ4n) is 2.16. The number of anilines is 2. The van der Waals surface area contributed by atoms with Crippen molar-refractivity contribution in [2.75, 3.05) is 11.1 Å². The SMILES string of the molecule is CCC(CC1CC1)Nc1cc(Cl)c(N)cc1C. The first-order valence-electron chi connectivity index (χ1n) is 6.42. The quantitative estimate of drug-likeness (QED) is 0.770. The molecule has 1 aromatic carbocycles. The summed E-state index contributed by atoms with van der Waals surface area (Å²) in [5, 5.41) is 4.23. The third-order valence-corrected chi connectivity index (χ3v) is 3.84. The summed E-state index contributed by atoms with van der Waals surface area (Å²) in [5.74, 6) is 0.942. The molecule has 1 fully saturated rings. The van der Waals surface area contributed by atoms with Crippen LogP contribution in [0.25, 0.3) is 0 Å². The molecule has 1 unspecified atom stereocenters. The Morgan fingerprint density at radius 3 is 2.76 bits per heavy atom. The topological polar surface area (TPSA) is 38.0 Å². The zero-order valence-corrected chi connectivity index (χ0v) is 11.3. The predicted octanol–water partition coefficient (Wildman–Crippen LogP) is 4.22. The Balaban J connectivity index is 2.07. The van der Waals surface area contributed by atoms with Gasteiger partial charge in [-0.3, -0.25) is 0 Å². The lowest BCUT2D eigenvalue weighted by atomic mass is 10.1. The van der Waals surface area contributed by atoms with E-state index in [1.807, 2.05) is 12.1 Å². The van der Waals surface area contributed by atoms with Crippen LogP contribution >= 0.6 is 11.6 Å². The molecule has 17 heavy (non-hydrogen) atoms. The fraction of sp³-hybridized carbons (Fsp3) is 0.571. The highest BCUT2D eigenvalue weighted by molar-refractivity contribution is 6.33. The standard InChI is InChI=1S/C14H21ClN2/c1-3-11(7-10-4-5-10)17-14-8-12(15)13(16)6-9(14)2/h6,8,10-11,17H,3-5,7,16H2,1-2H3. The highest BCUT2D eigenvalue weighted by Gasteiger charge is 2.24. The second-order valence-corrected chi connectivity index (χ2v) is 5.52. The van der Waals surface area contributed by atoms with Gasteiger partial charge in [-0.25, -0.2) is 0 Å². The number of nitrogens with two attached hydrogens (primary N) is 1. The van der Waals surface area contributed by atoms with Crippen molar-refractivity contribution in [3.8, 4) is 0 Å². The lowest BCUT2D eigenvalue weighted by molar-refractivity contribution is 0.586. The minimum absolute atomic E-state index is 0.556. The van der Waals surface area contributed by atoms with Gasteiger partial charge in [0.1, 0.15) is 0 Å². The summed E-state index contributed by atoms with van der Waals surface area (Å²) in [4.78, 5) is 0. The molecule has 0 radical (unpaired) electrons. The molecule has 94 valence electrons. The van der Waals surface area contributed by atoms with Gasteiger partial charge in [0.15, 0.2) is 0 Å². The van der Waals surface area contributed by atoms with Crippen LogP contribution in [0.2, 0.25) is 5.02 Å². The molecule has 0 bridgehead atoms. The van der Waals surface area contributed by atoms with Crippen molar-refractivity contribution in [3.05, 3.63) is 22.7 Å². The molecule has 3 heteroatoms. The Morgan fingerprint density at radius 1 is 1.47 bits per heavy atom. The van der Waals surface area contributed by atoms with E-state index in [-0.39, 0.29) is 0 Å². The summed E-state index contributed by atoms with van der Waals surface area (Å²) in [5.41, 5.74) is 8.73. The number of benzene rings is 1. The molecule has 3 N–H and O–H groups in total. The largest absolute Gasteiger partial charge is 0.398 e. The highest BCUT2D eigenvalue weighted by Crippen LogP contribution is 2.35. The minimum Gasteiger partial charge on any atom is -0.398 e. The lowest BCUT2D eigenvalue weighted by Crippen LogP contribution is -2.19. The summed E-state index contributed by atoms with van der Waals surface area (Å²) in [7, 11) is 0. The molecule has 0 amide bonds. The zero-order chi connectivity index (χ0) is 12.4. The molecule has 1 aliphatic rings. The van der Waals surface area contributed by atoms with E-state index in [4.69, 9.17) is 17.3 Å². The molecule has 1 aliphatic carbocycles. The van der Waals surface area contributed by atoms with E-state index in [1.165, 1.54) is 24.8 Å². The summed E-state index contributed by atoms with van der Waals surface area (Å²) in [6.45, 7) is 4.30. The van der Waals surface area contributed by atoms with Crippen molar-refractivity contribution >= 4 is 23.0 Å². The van der Waals surface area contributed by atoms with Crippen LogP contribution in [-0.4, -0.2) is 6.04 Å². The van der Waals surface area contributed by atoms with Gasteiger partial charge in [-0.05, 0) is 43.4 Å². The molecule has 0 heterocycles. The average Bonchev–Trinajstić information content (AvgIpc) is 3.08. The van der Waals surface area contributed by atoms with Crippen molar-refractivity contribution in [2.24, 2.45) is 5.92 Å². The molecule has 2 rings (SSSR count). The molecule has 1 atom stereocenters. The molecule has 1 aromatic rings. The molecular formula is C14H21ClN2. The van der Waals surface area contributed by atoms with Gasteiger partial charge in [-0.1, -0.05) is 31.4 Å². The molecule has 2 nitrogen and oxygen atoms in total. The number of aryl methyl sites for hydroxylation is 1. The van der Waals surface area contributed by atoms with Gasteiger partial charge in [0.05, 0.1) is 10.7 Å². The summed E-state index contributed by atoms with van der Waals surface area (Å²) in [6.07, 6.45) is 5.23. The van der Waals surface area contributed by atoms with Gasteiger partial charge in [0, 0.05) is 11.7 Å². The second-order valence-electron chi connectivity index (χ2n) is 5.12. The Hall–Kier alpha value is -0.890. The number of halogens is 1. The first-order chi connectivity index (χ1) is 8.10. The second kappa shape index (κ2) is 5.18. The number of nitrogen functional groups attached to an aromatic ring is 1. The Morgan fingerprint density at radius 2 is 2.18 bits per heavy atom. The first-order valence-corrected chi connectivity index (χ1v) is 6.80. The van der Waals surface area contributed by atoms with Crippen LogP contribution in [0, 0.1) is 12.8 Å². The van der Waals surface area contributed by atoms with Crippen LogP contribution < -0.4 is 11.1 Å². The maximum atomic E-state index is 6.07. The number of hydrogen-bond acceptors (Lipinski definition) is 2. The van der Waals surface area contributed by atoms with Gasteiger partial charge in [0.25, 0.3) is 0 Å². The van der Waals surface area contributed by atoms with Gasteiger partial charge in [-0.2, -0.15) is 0 Å². The summed E-state index contributed by atoms with van der Waals surface area (Å²) < 4.78 is 0. The molecule has 0 aromatic heterocycles. The van der Waals surface area contributed by atoms with Gasteiger partial charge in [-0.15, -0.1) is 0 Å². The predicted molar refractivity (Wildman–Crippen MR) is 75.6 cm³/mol. The third kappa shape index (κ3) is 3.29. The first kappa shape index (κ1) is 12.6. The van der Waals surface area contributed by atoms with E-state index in [2.05, 4.69) is 19.2 Å². The van der Waals surface area contributed by atoms with E-state index < -0.39 is 0 Å². The number of nitrogens with one attached hydrogen (secondary N) is 1. The summed E-state index contributed by atoms with van der Waals surface area (Å²) in [6, 6.07) is 4.44. The van der Waals surface area contributed by atoms with Gasteiger partial charge in [0.2, 0.25) is 0 Å². The molecule has 0 spiro atoms. The lowest BCUT2D eigenvalue weighted by Gasteiger charge is -2.20. The smallest absolute Gasteiger partial charge is 0.0656 e. The summed E-state index contributed by atoms with van der Waals surface area (Å²) >= 11 is 6.07. The van der Waals surface area contributed by atoms with Crippen LogP contribution in [0.4, 0.5) is 11.4 Å². The van der Waals surface area contributed by atoms with Crippen LogP contribution in [-0.2, 0) is 0 Å². The average molecular weight is 253 g/mol. The zero-order valence-electron chi connectivity index (χ0n) is 10.6. The number of rotatable bonds is 5. The highest BCUT2D eigenvalue weighted by atomic mass is 35.5. The van der Waals surface area contributed by atoms with Crippen molar-refractivity contribution in [1.29, 1.82) is 0 Å². The minimum atomic E-state index is 0.556. The molecule has 0 saturated heterocycles. The maximum absolute atomic E-state index is 6.07. The third-order valence-electron chi connectivity index (χ3n) is 3.51. The van der Waals surface area contributed by atoms with E-state index in [0.717, 1.165) is 18.0 Å². The Bertz CT molecular complexity index is 399. The van der Waals surface area contributed by atoms with Crippen molar-refractivity contribution in [2.45, 2.75) is 45.6 Å². The van der Waals surface area contributed by atoms with Crippen molar-refractivity contribution < 1.29 is 0 Å². The number of hydrogen-bond donors (Lipinski definition) is 2. The van der Waals surface area contributed by atoms with E-state index in [9.17, 15) is 0 Å². The van der Waals surface area contributed by atoms with Crippen LogP contribution in [0.1, 0.15) is 38.2 Å². The van der Waals surface area contributed by atoms with Crippen LogP contribution in [0.3, 0.4) is 0 Å². The van der Waals surface area contributed by atoms with Crippen LogP contribution in [0.15, 0.2) is 12.1 Å². The van der Waals surface area contributed by atoms with Crippen molar-refractivity contribution in [3.63, 3.8) is 0 Å². The Kier molecular flexibility index (Phi) is 3.82.